The molecule has 7 heteroatoms. The molecule has 2 fully saturated rings. The largest absolute Gasteiger partial charge is 0.481 e. The van der Waals surface area contributed by atoms with Crippen molar-refractivity contribution >= 4 is 17.7 Å². The molecule has 0 spiro atoms. The summed E-state index contributed by atoms with van der Waals surface area (Å²) < 4.78 is 0. The Kier molecular flexibility index (Phi) is 3.66. The lowest BCUT2D eigenvalue weighted by molar-refractivity contribution is -0.148. The average molecular weight is 318 g/mol. The van der Waals surface area contributed by atoms with Crippen LogP contribution in [0.4, 0.5) is 10.5 Å². The zero-order valence-electron chi connectivity index (χ0n) is 13.7. The summed E-state index contributed by atoms with van der Waals surface area (Å²) in [7, 11) is 3.38. The van der Waals surface area contributed by atoms with Gasteiger partial charge in [0, 0.05) is 63.8 Å². The molecule has 2 aliphatic heterocycles. The van der Waals surface area contributed by atoms with Crippen LogP contribution in [-0.2, 0) is 4.79 Å². The van der Waals surface area contributed by atoms with Crippen LogP contribution >= 0.6 is 0 Å². The van der Waals surface area contributed by atoms with Crippen LogP contribution in [0.3, 0.4) is 0 Å². The van der Waals surface area contributed by atoms with Gasteiger partial charge in [-0.1, -0.05) is 0 Å². The SMILES string of the molecule is Cc1cc(N2C[C@H]3CN(C(=O)N(C)C)C[C@@]3(C(=O)O)C2)ccn1. The Hall–Kier alpha value is -2.31. The molecule has 0 bridgehead atoms. The van der Waals surface area contributed by atoms with Crippen molar-refractivity contribution < 1.29 is 14.7 Å². The molecule has 3 rings (SSSR count). The maximum absolute atomic E-state index is 12.2. The van der Waals surface area contributed by atoms with E-state index in [-0.39, 0.29) is 18.5 Å². The van der Waals surface area contributed by atoms with Gasteiger partial charge in [-0.15, -0.1) is 0 Å². The summed E-state index contributed by atoms with van der Waals surface area (Å²) in [5.74, 6) is -0.873. The van der Waals surface area contributed by atoms with Crippen LogP contribution in [0, 0.1) is 18.3 Å². The number of pyridine rings is 1. The van der Waals surface area contributed by atoms with Crippen LogP contribution in [0.25, 0.3) is 0 Å². The molecule has 124 valence electrons. The van der Waals surface area contributed by atoms with Crippen molar-refractivity contribution in [3.8, 4) is 0 Å². The second kappa shape index (κ2) is 5.40. The van der Waals surface area contributed by atoms with Crippen LogP contribution < -0.4 is 4.90 Å². The number of amides is 2. The monoisotopic (exact) mass is 318 g/mol. The van der Waals surface area contributed by atoms with Gasteiger partial charge in [0.05, 0.1) is 0 Å². The number of likely N-dealkylation sites (tertiary alicyclic amines) is 1. The second-order valence-electron chi connectivity index (χ2n) is 6.75. The molecular weight excluding hydrogens is 296 g/mol. The number of rotatable bonds is 2. The topological polar surface area (TPSA) is 77.0 Å². The quantitative estimate of drug-likeness (QED) is 0.876. The van der Waals surface area contributed by atoms with Gasteiger partial charge in [0.15, 0.2) is 0 Å². The predicted molar refractivity (Wildman–Crippen MR) is 85.4 cm³/mol. The molecule has 0 aliphatic carbocycles. The smallest absolute Gasteiger partial charge is 0.319 e. The minimum atomic E-state index is -0.886. The van der Waals surface area contributed by atoms with E-state index in [9.17, 15) is 14.7 Å². The number of hydrogen-bond donors (Lipinski definition) is 1. The molecule has 0 aromatic carbocycles. The van der Waals surface area contributed by atoms with Crippen molar-refractivity contribution in [2.75, 3.05) is 45.2 Å². The third-order valence-corrected chi connectivity index (χ3v) is 4.93. The number of carboxylic acid groups (broad SMARTS) is 1. The lowest BCUT2D eigenvalue weighted by Crippen LogP contribution is -2.44. The van der Waals surface area contributed by atoms with Crippen molar-refractivity contribution in [1.82, 2.24) is 14.8 Å². The Morgan fingerprint density at radius 3 is 2.65 bits per heavy atom. The number of fused-ring (bicyclic) bond motifs is 1. The first kappa shape index (κ1) is 15.6. The number of anilines is 1. The number of nitrogens with zero attached hydrogens (tertiary/aromatic N) is 4. The number of carbonyl (C=O) groups excluding carboxylic acids is 1. The normalized spacial score (nSPS) is 26.3. The number of hydrogen-bond acceptors (Lipinski definition) is 4. The fraction of sp³-hybridized carbons (Fsp3) is 0.562. The number of aryl methyl sites for hydroxylation is 1. The summed E-state index contributed by atoms with van der Waals surface area (Å²) in [5, 5.41) is 9.84. The van der Waals surface area contributed by atoms with Crippen LogP contribution in [0.15, 0.2) is 18.3 Å². The highest BCUT2D eigenvalue weighted by Crippen LogP contribution is 2.44. The van der Waals surface area contributed by atoms with Crippen molar-refractivity contribution in [2.24, 2.45) is 11.3 Å². The van der Waals surface area contributed by atoms with E-state index in [1.54, 1.807) is 25.2 Å². The maximum atomic E-state index is 12.2. The number of urea groups is 1. The molecule has 2 atom stereocenters. The Bertz CT molecular complexity index is 648. The molecule has 2 aliphatic rings. The summed E-state index contributed by atoms with van der Waals surface area (Å²) in [6.07, 6.45) is 1.74. The van der Waals surface area contributed by atoms with Gasteiger partial charge in [-0.05, 0) is 19.1 Å². The van der Waals surface area contributed by atoms with Crippen LogP contribution in [0.5, 0.6) is 0 Å². The van der Waals surface area contributed by atoms with Gasteiger partial charge in [0.25, 0.3) is 0 Å². The van der Waals surface area contributed by atoms with E-state index in [1.165, 1.54) is 4.90 Å². The zero-order chi connectivity index (χ0) is 16.8. The lowest BCUT2D eigenvalue weighted by atomic mass is 9.81. The predicted octanol–water partition coefficient (Wildman–Crippen LogP) is 0.894. The minimum absolute atomic E-state index is 0.0580. The maximum Gasteiger partial charge on any atom is 0.319 e. The number of aromatic nitrogens is 1. The van der Waals surface area contributed by atoms with Gasteiger partial charge in [-0.25, -0.2) is 4.79 Å². The summed E-state index contributed by atoms with van der Waals surface area (Å²) in [4.78, 5) is 33.6. The summed E-state index contributed by atoms with van der Waals surface area (Å²) >= 11 is 0. The molecule has 2 saturated heterocycles. The van der Waals surface area contributed by atoms with Crippen molar-refractivity contribution in [1.29, 1.82) is 0 Å². The van der Waals surface area contributed by atoms with Crippen LogP contribution in [-0.4, -0.2) is 72.2 Å². The van der Waals surface area contributed by atoms with Gasteiger partial charge < -0.3 is 19.8 Å². The Balaban J connectivity index is 1.84. The minimum Gasteiger partial charge on any atom is -0.481 e. The van der Waals surface area contributed by atoms with Gasteiger partial charge >= 0.3 is 12.0 Å². The molecule has 0 radical (unpaired) electrons. The highest BCUT2D eigenvalue weighted by molar-refractivity contribution is 5.82. The van der Waals surface area contributed by atoms with Crippen molar-refractivity contribution in [3.63, 3.8) is 0 Å². The number of carbonyl (C=O) groups is 2. The molecule has 0 unspecified atom stereocenters. The average Bonchev–Trinajstić information content (AvgIpc) is 3.01. The van der Waals surface area contributed by atoms with Crippen molar-refractivity contribution in [3.05, 3.63) is 24.0 Å². The number of carboxylic acids is 1. The van der Waals surface area contributed by atoms with Crippen molar-refractivity contribution in [2.45, 2.75) is 6.92 Å². The molecule has 23 heavy (non-hydrogen) atoms. The van der Waals surface area contributed by atoms with Crippen LogP contribution in [0.1, 0.15) is 5.69 Å². The molecule has 3 heterocycles. The van der Waals surface area contributed by atoms with E-state index in [4.69, 9.17) is 0 Å². The van der Waals surface area contributed by atoms with Gasteiger partial charge in [0.2, 0.25) is 0 Å². The zero-order valence-corrected chi connectivity index (χ0v) is 13.7. The highest BCUT2D eigenvalue weighted by Gasteiger charge is 2.58. The molecule has 1 aromatic heterocycles. The second-order valence-corrected chi connectivity index (χ2v) is 6.75. The highest BCUT2D eigenvalue weighted by atomic mass is 16.4. The Morgan fingerprint density at radius 1 is 1.35 bits per heavy atom. The molecule has 2 amide bonds. The van der Waals surface area contributed by atoms with E-state index in [0.717, 1.165) is 11.4 Å². The molecule has 7 nitrogen and oxygen atoms in total. The summed E-state index contributed by atoms with van der Waals surface area (Å²) in [6, 6.07) is 3.76. The van der Waals surface area contributed by atoms with E-state index < -0.39 is 11.4 Å². The van der Waals surface area contributed by atoms with Gasteiger partial charge in [-0.2, -0.15) is 0 Å². The van der Waals surface area contributed by atoms with E-state index in [1.807, 2.05) is 19.1 Å². The van der Waals surface area contributed by atoms with E-state index in [0.29, 0.717) is 19.6 Å². The van der Waals surface area contributed by atoms with E-state index in [2.05, 4.69) is 9.88 Å². The Labute approximate surface area is 135 Å². The number of aliphatic carboxylic acids is 1. The van der Waals surface area contributed by atoms with Gasteiger partial charge in [0.1, 0.15) is 5.41 Å². The molecule has 1 aromatic rings. The fourth-order valence-electron chi connectivity index (χ4n) is 3.72. The molecular formula is C16H22N4O3. The first-order valence-electron chi connectivity index (χ1n) is 7.71. The molecule has 1 N–H and O–H groups in total. The Morgan fingerprint density at radius 2 is 2.09 bits per heavy atom. The third kappa shape index (κ3) is 2.50. The van der Waals surface area contributed by atoms with E-state index >= 15 is 0 Å². The molecule has 0 saturated carbocycles. The summed E-state index contributed by atoms with van der Waals surface area (Å²) in [6.45, 7) is 3.75. The lowest BCUT2D eigenvalue weighted by Gasteiger charge is -2.27. The fourth-order valence-corrected chi connectivity index (χ4v) is 3.72. The summed E-state index contributed by atoms with van der Waals surface area (Å²) in [5.41, 5.74) is 1.02. The van der Waals surface area contributed by atoms with Crippen LogP contribution in [0.2, 0.25) is 0 Å². The first-order chi connectivity index (χ1) is 10.8. The first-order valence-corrected chi connectivity index (χ1v) is 7.71. The third-order valence-electron chi connectivity index (χ3n) is 4.93. The van der Waals surface area contributed by atoms with Gasteiger partial charge in [-0.3, -0.25) is 9.78 Å². The standard InChI is InChI=1S/C16H22N4O3/c1-11-6-13(4-5-17-11)19-7-12-8-20(15(23)18(2)3)10-16(12,9-19)14(21)22/h4-6,12H,7-10H2,1-3H3,(H,21,22)/t12-,16-/m0/s1.